The molecule has 0 spiro atoms. The summed E-state index contributed by atoms with van der Waals surface area (Å²) in [6, 6.07) is -10.2. The summed E-state index contributed by atoms with van der Waals surface area (Å²) >= 11 is 4.01. The van der Waals surface area contributed by atoms with Gasteiger partial charge < -0.3 is 63.8 Å². The van der Waals surface area contributed by atoms with Gasteiger partial charge in [0.2, 0.25) is 41.4 Å². The molecule has 0 fully saturated rings. The minimum Gasteiger partial charge on any atom is -0.480 e. The van der Waals surface area contributed by atoms with Crippen molar-refractivity contribution in [2.45, 2.75) is 82.3 Å². The Labute approximate surface area is 275 Å². The lowest BCUT2D eigenvalue weighted by atomic mass is 10.0. The van der Waals surface area contributed by atoms with Crippen molar-refractivity contribution in [2.24, 2.45) is 17.4 Å². The molecule has 14 N–H and O–H groups in total. The minimum atomic E-state index is -1.69. The highest BCUT2D eigenvalue weighted by Gasteiger charge is 2.32. The zero-order valence-corrected chi connectivity index (χ0v) is 27.1. The Morgan fingerprint density at radius 2 is 1.04 bits per heavy atom. The fourth-order valence-corrected chi connectivity index (χ4v) is 3.94. The maximum absolute atomic E-state index is 13.1. The first-order valence-corrected chi connectivity index (χ1v) is 15.1. The molecule has 0 aromatic carbocycles. The van der Waals surface area contributed by atoms with Crippen LogP contribution in [0.15, 0.2) is 0 Å². The third-order valence-electron chi connectivity index (χ3n) is 6.37. The van der Waals surface area contributed by atoms with E-state index < -0.39 is 116 Å². The number of hydrogen-bond acceptors (Lipinski definition) is 13. The number of primary amides is 1. The van der Waals surface area contributed by atoms with Crippen molar-refractivity contribution in [3.05, 3.63) is 0 Å². The quantitative estimate of drug-likeness (QED) is 0.0470. The van der Waals surface area contributed by atoms with E-state index in [4.69, 9.17) is 16.6 Å². The number of aliphatic hydroxyl groups excluding tert-OH is 3. The van der Waals surface area contributed by atoms with E-state index in [1.165, 1.54) is 6.92 Å². The summed E-state index contributed by atoms with van der Waals surface area (Å²) in [4.78, 5) is 98.6. The van der Waals surface area contributed by atoms with Gasteiger partial charge in [-0.05, 0) is 25.7 Å². The molecule has 0 unspecified atom stereocenters. The molecule has 0 bridgehead atoms. The molecule has 20 nitrogen and oxygen atoms in total. The van der Waals surface area contributed by atoms with Crippen molar-refractivity contribution < 1.29 is 58.8 Å². The Hall–Kier alpha value is -4.05. The first kappa shape index (κ1) is 43.0. The molecular formula is C26H46N8O12S. The summed E-state index contributed by atoms with van der Waals surface area (Å²) in [5, 5.41) is 50.9. The van der Waals surface area contributed by atoms with Gasteiger partial charge in [-0.1, -0.05) is 13.8 Å². The zero-order chi connectivity index (χ0) is 36.4. The molecule has 0 heterocycles. The SMILES string of the molecule is CC(C)C[C@H](NC(=O)[C@H](CS)NC(=O)[C@H](CO)NC(=O)[C@H](CCC(N)=O)NC(=O)[C@H](C)NC(=O)[C@H](CO)NC(=O)[C@@H](N)CO)C(=O)O. The van der Waals surface area contributed by atoms with Gasteiger partial charge in [0.1, 0.15) is 42.3 Å². The van der Waals surface area contributed by atoms with E-state index in [1.807, 2.05) is 0 Å². The van der Waals surface area contributed by atoms with Crippen LogP contribution in [0.5, 0.6) is 0 Å². The first-order chi connectivity index (χ1) is 21.9. The van der Waals surface area contributed by atoms with Crippen molar-refractivity contribution in [1.82, 2.24) is 31.9 Å². The third-order valence-corrected chi connectivity index (χ3v) is 6.73. The zero-order valence-electron chi connectivity index (χ0n) is 26.2. The van der Waals surface area contributed by atoms with Crippen molar-refractivity contribution in [3.8, 4) is 0 Å². The fourth-order valence-electron chi connectivity index (χ4n) is 3.69. The molecule has 268 valence electrons. The van der Waals surface area contributed by atoms with E-state index in [2.05, 4.69) is 44.5 Å². The van der Waals surface area contributed by atoms with E-state index >= 15 is 0 Å². The Bertz CT molecular complexity index is 1130. The number of aliphatic hydroxyl groups is 3. The highest BCUT2D eigenvalue weighted by molar-refractivity contribution is 7.80. The number of thiol groups is 1. The van der Waals surface area contributed by atoms with Crippen molar-refractivity contribution in [1.29, 1.82) is 0 Å². The van der Waals surface area contributed by atoms with Crippen LogP contribution in [0.4, 0.5) is 0 Å². The average Bonchev–Trinajstić information content (AvgIpc) is 3.00. The number of carbonyl (C=O) groups excluding carboxylic acids is 7. The predicted octanol–water partition coefficient (Wildman–Crippen LogP) is -6.45. The van der Waals surface area contributed by atoms with Crippen LogP contribution in [0.25, 0.3) is 0 Å². The van der Waals surface area contributed by atoms with Crippen molar-refractivity contribution >= 4 is 59.9 Å². The van der Waals surface area contributed by atoms with Gasteiger partial charge in [-0.2, -0.15) is 12.6 Å². The van der Waals surface area contributed by atoms with Crippen LogP contribution in [-0.2, 0) is 38.4 Å². The number of hydrogen-bond donors (Lipinski definition) is 13. The van der Waals surface area contributed by atoms with Crippen LogP contribution in [-0.4, -0.2) is 136 Å². The number of amides is 7. The van der Waals surface area contributed by atoms with E-state index in [1.54, 1.807) is 13.8 Å². The summed E-state index contributed by atoms with van der Waals surface area (Å²) in [5.41, 5.74) is 10.5. The lowest BCUT2D eigenvalue weighted by Crippen LogP contribution is -2.60. The van der Waals surface area contributed by atoms with Gasteiger partial charge in [0, 0.05) is 12.2 Å². The van der Waals surface area contributed by atoms with E-state index in [9.17, 15) is 53.7 Å². The van der Waals surface area contributed by atoms with Crippen LogP contribution in [0.2, 0.25) is 0 Å². The summed E-state index contributed by atoms with van der Waals surface area (Å²) in [6.07, 6.45) is -0.695. The molecule has 0 radical (unpaired) electrons. The molecular weight excluding hydrogens is 648 g/mol. The monoisotopic (exact) mass is 694 g/mol. The van der Waals surface area contributed by atoms with E-state index in [0.29, 0.717) is 0 Å². The highest BCUT2D eigenvalue weighted by atomic mass is 32.1. The van der Waals surface area contributed by atoms with Gasteiger partial charge in [0.05, 0.1) is 19.8 Å². The Balaban J connectivity index is 5.60. The Morgan fingerprint density at radius 1 is 0.617 bits per heavy atom. The Kier molecular flexibility index (Phi) is 19.8. The molecule has 47 heavy (non-hydrogen) atoms. The second-order valence-electron chi connectivity index (χ2n) is 10.8. The standard InChI is InChI=1S/C26H46N8O12S/c1-11(2)6-15(26(45)46)31-25(44)18(10-47)34-24(43)17(9-37)33-22(41)14(4-5-19(28)38)30-20(39)12(3)29-23(42)16(8-36)32-21(40)13(27)7-35/h11-18,35-37,47H,4-10,27H2,1-3H3,(H2,28,38)(H,29,42)(H,30,39)(H,31,44)(H,32,40)(H,33,41)(H,34,43)(H,45,46)/t12-,13-,14-,15-,16-,17-,18-/m0/s1. The third kappa shape index (κ3) is 15.9. The number of aliphatic carboxylic acids is 1. The molecule has 21 heteroatoms. The number of rotatable bonds is 22. The average molecular weight is 695 g/mol. The van der Waals surface area contributed by atoms with Crippen molar-refractivity contribution in [3.63, 3.8) is 0 Å². The lowest BCUT2D eigenvalue weighted by molar-refractivity contribution is -0.142. The van der Waals surface area contributed by atoms with Gasteiger partial charge >= 0.3 is 5.97 Å². The Morgan fingerprint density at radius 3 is 1.49 bits per heavy atom. The number of carboxylic acids is 1. The molecule has 0 aromatic heterocycles. The van der Waals surface area contributed by atoms with Gasteiger partial charge in [0.15, 0.2) is 0 Å². The van der Waals surface area contributed by atoms with Gasteiger partial charge in [-0.15, -0.1) is 0 Å². The number of carbonyl (C=O) groups is 8. The molecule has 0 rings (SSSR count). The van der Waals surface area contributed by atoms with Gasteiger partial charge in [-0.25, -0.2) is 4.79 Å². The molecule has 7 atom stereocenters. The largest absolute Gasteiger partial charge is 0.480 e. The molecule has 0 aliphatic carbocycles. The molecule has 0 saturated heterocycles. The summed E-state index contributed by atoms with van der Waals surface area (Å²) < 4.78 is 0. The predicted molar refractivity (Wildman–Crippen MR) is 166 cm³/mol. The highest BCUT2D eigenvalue weighted by Crippen LogP contribution is 2.06. The fraction of sp³-hybridized carbons (Fsp3) is 0.692. The summed E-state index contributed by atoms with van der Waals surface area (Å²) in [7, 11) is 0. The van der Waals surface area contributed by atoms with Crippen LogP contribution < -0.4 is 43.4 Å². The molecule has 0 saturated carbocycles. The maximum atomic E-state index is 13.1. The van der Waals surface area contributed by atoms with Crippen molar-refractivity contribution in [2.75, 3.05) is 25.6 Å². The second kappa shape index (κ2) is 21.7. The van der Waals surface area contributed by atoms with E-state index in [0.717, 1.165) is 0 Å². The number of carboxylic acid groups (broad SMARTS) is 1. The molecule has 0 aromatic rings. The number of nitrogens with one attached hydrogen (secondary N) is 6. The molecule has 0 aliphatic rings. The van der Waals surface area contributed by atoms with Crippen LogP contribution in [0.3, 0.4) is 0 Å². The maximum Gasteiger partial charge on any atom is 0.326 e. The lowest BCUT2D eigenvalue weighted by Gasteiger charge is -2.26. The normalized spacial score (nSPS) is 15.4. The van der Waals surface area contributed by atoms with Gasteiger partial charge in [0.25, 0.3) is 0 Å². The van der Waals surface area contributed by atoms with E-state index in [-0.39, 0.29) is 24.5 Å². The first-order valence-electron chi connectivity index (χ1n) is 14.4. The number of nitrogens with two attached hydrogens (primary N) is 2. The topological polar surface area (TPSA) is 342 Å². The van der Waals surface area contributed by atoms with Crippen LogP contribution in [0, 0.1) is 5.92 Å². The minimum absolute atomic E-state index is 0.0846. The van der Waals surface area contributed by atoms with Crippen LogP contribution >= 0.6 is 12.6 Å². The molecule has 7 amide bonds. The van der Waals surface area contributed by atoms with Crippen LogP contribution in [0.1, 0.15) is 40.0 Å². The second-order valence-corrected chi connectivity index (χ2v) is 11.2. The summed E-state index contributed by atoms with van der Waals surface area (Å²) in [5.74, 6) is -8.49. The smallest absolute Gasteiger partial charge is 0.326 e. The molecule has 0 aliphatic heterocycles. The summed E-state index contributed by atoms with van der Waals surface area (Å²) in [6.45, 7) is 2.06. The van der Waals surface area contributed by atoms with Gasteiger partial charge in [-0.3, -0.25) is 33.6 Å².